The SMILES string of the molecule is CCCC1(CCl)OC(=O)C(C)O1. The second kappa shape index (κ2) is 3.62. The minimum atomic E-state index is -0.854. The first-order valence-electron chi connectivity index (χ1n) is 4.10. The number of alkyl halides is 1. The molecule has 3 nitrogen and oxygen atoms in total. The molecular formula is C8H13ClO3. The van der Waals surface area contributed by atoms with E-state index < -0.39 is 11.9 Å². The summed E-state index contributed by atoms with van der Waals surface area (Å²) in [6.07, 6.45) is 1.06. The molecule has 0 bridgehead atoms. The van der Waals surface area contributed by atoms with Crippen LogP contribution in [-0.2, 0) is 14.3 Å². The predicted octanol–water partition coefficient (Wildman–Crippen LogP) is 1.68. The number of hydrogen-bond acceptors (Lipinski definition) is 3. The van der Waals surface area contributed by atoms with Crippen LogP contribution in [0.1, 0.15) is 26.7 Å². The molecule has 1 saturated heterocycles. The van der Waals surface area contributed by atoms with Crippen molar-refractivity contribution in [3.05, 3.63) is 0 Å². The van der Waals surface area contributed by atoms with Gasteiger partial charge in [-0.15, -0.1) is 11.6 Å². The third-order valence-corrected chi connectivity index (χ3v) is 2.25. The predicted molar refractivity (Wildman–Crippen MR) is 45.0 cm³/mol. The van der Waals surface area contributed by atoms with Crippen molar-refractivity contribution in [1.29, 1.82) is 0 Å². The van der Waals surface area contributed by atoms with Crippen LogP contribution in [0.3, 0.4) is 0 Å². The van der Waals surface area contributed by atoms with Gasteiger partial charge in [0.15, 0.2) is 6.10 Å². The second-order valence-electron chi connectivity index (χ2n) is 2.98. The van der Waals surface area contributed by atoms with Crippen molar-refractivity contribution in [3.8, 4) is 0 Å². The van der Waals surface area contributed by atoms with Crippen molar-refractivity contribution in [2.24, 2.45) is 0 Å². The van der Waals surface area contributed by atoms with Gasteiger partial charge in [0.25, 0.3) is 0 Å². The van der Waals surface area contributed by atoms with Crippen LogP contribution in [-0.4, -0.2) is 23.7 Å². The molecule has 0 N–H and O–H groups in total. The Morgan fingerprint density at radius 1 is 1.67 bits per heavy atom. The van der Waals surface area contributed by atoms with Crippen LogP contribution in [0.15, 0.2) is 0 Å². The van der Waals surface area contributed by atoms with Gasteiger partial charge in [-0.1, -0.05) is 6.92 Å². The lowest BCUT2D eigenvalue weighted by Gasteiger charge is -2.23. The molecule has 1 fully saturated rings. The molecule has 12 heavy (non-hydrogen) atoms. The molecule has 0 amide bonds. The Hall–Kier alpha value is -0.280. The van der Waals surface area contributed by atoms with Crippen LogP contribution in [0.5, 0.6) is 0 Å². The van der Waals surface area contributed by atoms with E-state index >= 15 is 0 Å². The highest BCUT2D eigenvalue weighted by Gasteiger charge is 2.44. The smallest absolute Gasteiger partial charge is 0.337 e. The Labute approximate surface area is 77.0 Å². The van der Waals surface area contributed by atoms with Gasteiger partial charge < -0.3 is 9.47 Å². The van der Waals surface area contributed by atoms with E-state index in [2.05, 4.69) is 0 Å². The molecule has 1 heterocycles. The molecule has 0 spiro atoms. The van der Waals surface area contributed by atoms with Crippen LogP contribution >= 0.6 is 11.6 Å². The summed E-state index contributed by atoms with van der Waals surface area (Å²) in [5.74, 6) is -0.965. The van der Waals surface area contributed by atoms with Crippen molar-refractivity contribution >= 4 is 17.6 Å². The van der Waals surface area contributed by atoms with E-state index in [1.54, 1.807) is 6.92 Å². The molecule has 0 aromatic carbocycles. The molecule has 0 saturated carbocycles. The third-order valence-electron chi connectivity index (χ3n) is 1.84. The minimum absolute atomic E-state index is 0.205. The molecule has 0 aromatic heterocycles. The Morgan fingerprint density at radius 2 is 2.33 bits per heavy atom. The number of cyclic esters (lactones) is 1. The average Bonchev–Trinajstić information content (AvgIpc) is 2.30. The molecule has 2 atom stereocenters. The minimum Gasteiger partial charge on any atom is -0.430 e. The molecule has 0 radical (unpaired) electrons. The van der Waals surface area contributed by atoms with Crippen molar-refractivity contribution in [3.63, 3.8) is 0 Å². The molecule has 0 aliphatic carbocycles. The molecule has 1 aliphatic heterocycles. The fourth-order valence-electron chi connectivity index (χ4n) is 1.28. The standard InChI is InChI=1S/C8H13ClO3/c1-3-4-8(5-9)11-6(2)7(10)12-8/h6H,3-5H2,1-2H3. The van der Waals surface area contributed by atoms with E-state index in [4.69, 9.17) is 21.1 Å². The van der Waals surface area contributed by atoms with Gasteiger partial charge in [0.1, 0.15) is 0 Å². The summed E-state index contributed by atoms with van der Waals surface area (Å²) in [5.41, 5.74) is 0. The molecular weight excluding hydrogens is 180 g/mol. The highest BCUT2D eigenvalue weighted by Crippen LogP contribution is 2.30. The van der Waals surface area contributed by atoms with Crippen molar-refractivity contribution in [2.75, 3.05) is 5.88 Å². The maximum absolute atomic E-state index is 11.0. The van der Waals surface area contributed by atoms with Gasteiger partial charge in [0.05, 0.1) is 5.88 Å². The van der Waals surface area contributed by atoms with E-state index in [9.17, 15) is 4.79 Å². The largest absolute Gasteiger partial charge is 0.430 e. The van der Waals surface area contributed by atoms with Crippen LogP contribution in [0.2, 0.25) is 0 Å². The van der Waals surface area contributed by atoms with Crippen molar-refractivity contribution in [2.45, 2.75) is 38.6 Å². The summed E-state index contributed by atoms with van der Waals surface area (Å²) < 4.78 is 10.4. The number of hydrogen-bond donors (Lipinski definition) is 0. The number of halogens is 1. The van der Waals surface area contributed by atoms with Gasteiger partial charge in [-0.3, -0.25) is 0 Å². The average molecular weight is 193 g/mol. The van der Waals surface area contributed by atoms with E-state index in [1.807, 2.05) is 6.92 Å². The van der Waals surface area contributed by atoms with Crippen LogP contribution in [0.4, 0.5) is 0 Å². The first-order chi connectivity index (χ1) is 5.63. The number of rotatable bonds is 3. The van der Waals surface area contributed by atoms with Gasteiger partial charge in [-0.2, -0.15) is 0 Å². The maximum atomic E-state index is 11.0. The Bertz CT molecular complexity index is 183. The van der Waals surface area contributed by atoms with Gasteiger partial charge in [-0.25, -0.2) is 4.79 Å². The van der Waals surface area contributed by atoms with E-state index in [0.29, 0.717) is 6.42 Å². The molecule has 0 aromatic rings. The van der Waals surface area contributed by atoms with E-state index in [-0.39, 0.29) is 11.8 Å². The van der Waals surface area contributed by atoms with Gasteiger partial charge in [-0.05, 0) is 13.3 Å². The highest BCUT2D eigenvalue weighted by atomic mass is 35.5. The summed E-state index contributed by atoms with van der Waals surface area (Å²) in [5, 5.41) is 0. The highest BCUT2D eigenvalue weighted by molar-refractivity contribution is 6.18. The van der Waals surface area contributed by atoms with Gasteiger partial charge in [0.2, 0.25) is 5.79 Å². The van der Waals surface area contributed by atoms with Gasteiger partial charge in [0, 0.05) is 6.42 Å². The monoisotopic (exact) mass is 192 g/mol. The van der Waals surface area contributed by atoms with Crippen molar-refractivity contribution < 1.29 is 14.3 Å². The lowest BCUT2D eigenvalue weighted by Crippen LogP contribution is -2.32. The summed E-state index contributed by atoms with van der Waals surface area (Å²) in [6, 6.07) is 0. The lowest BCUT2D eigenvalue weighted by molar-refractivity contribution is -0.169. The zero-order valence-corrected chi connectivity index (χ0v) is 8.06. The molecule has 1 rings (SSSR count). The van der Waals surface area contributed by atoms with E-state index in [1.165, 1.54) is 0 Å². The molecule has 1 aliphatic rings. The quantitative estimate of drug-likeness (QED) is 0.504. The third kappa shape index (κ3) is 1.72. The Kier molecular flexibility index (Phi) is 2.96. The van der Waals surface area contributed by atoms with Gasteiger partial charge >= 0.3 is 5.97 Å². The van der Waals surface area contributed by atoms with Crippen LogP contribution < -0.4 is 0 Å². The fourth-order valence-corrected chi connectivity index (χ4v) is 1.53. The number of esters is 1. The first-order valence-corrected chi connectivity index (χ1v) is 4.63. The molecule has 4 heteroatoms. The zero-order chi connectivity index (χ0) is 9.19. The Morgan fingerprint density at radius 3 is 2.67 bits per heavy atom. The maximum Gasteiger partial charge on any atom is 0.337 e. The van der Waals surface area contributed by atoms with Crippen LogP contribution in [0, 0.1) is 0 Å². The normalized spacial score (nSPS) is 35.2. The number of carbonyl (C=O) groups excluding carboxylic acids is 1. The molecule has 2 unspecified atom stereocenters. The zero-order valence-electron chi connectivity index (χ0n) is 7.30. The summed E-state index contributed by atoms with van der Waals surface area (Å²) in [4.78, 5) is 11.0. The molecule has 70 valence electrons. The van der Waals surface area contributed by atoms with Crippen molar-refractivity contribution in [1.82, 2.24) is 0 Å². The Balaban J connectivity index is 2.64. The van der Waals surface area contributed by atoms with E-state index in [0.717, 1.165) is 6.42 Å². The lowest BCUT2D eigenvalue weighted by atomic mass is 10.2. The van der Waals surface area contributed by atoms with Crippen LogP contribution in [0.25, 0.3) is 0 Å². The summed E-state index contributed by atoms with van der Waals surface area (Å²) in [6.45, 7) is 3.67. The fraction of sp³-hybridized carbons (Fsp3) is 0.875. The topological polar surface area (TPSA) is 35.5 Å². The first kappa shape index (κ1) is 9.81. The summed E-state index contributed by atoms with van der Waals surface area (Å²) in [7, 11) is 0. The number of ether oxygens (including phenoxy) is 2. The summed E-state index contributed by atoms with van der Waals surface area (Å²) >= 11 is 5.67. The second-order valence-corrected chi connectivity index (χ2v) is 3.24. The number of carbonyl (C=O) groups is 1.